The molecule has 0 radical (unpaired) electrons. The third kappa shape index (κ3) is 4.09. The first-order valence-corrected chi connectivity index (χ1v) is 9.65. The summed E-state index contributed by atoms with van der Waals surface area (Å²) in [5, 5.41) is 12.1. The molecular weight excluding hydrogens is 359 g/mol. The molecule has 26 heavy (non-hydrogen) atoms. The third-order valence-electron chi connectivity index (χ3n) is 4.24. The number of sulfonamides is 1. The fourth-order valence-corrected chi connectivity index (χ4v) is 4.31. The summed E-state index contributed by atoms with van der Waals surface area (Å²) >= 11 is 0. The van der Waals surface area contributed by atoms with E-state index in [0.717, 1.165) is 0 Å². The monoisotopic (exact) mass is 378 g/mol. The molecule has 1 amide bonds. The minimum atomic E-state index is -3.74. The van der Waals surface area contributed by atoms with Crippen LogP contribution in [0.15, 0.2) is 53.4 Å². The van der Waals surface area contributed by atoms with Gasteiger partial charge >= 0.3 is 0 Å². The molecular formula is C18H19FN2O4S. The molecule has 0 atom stereocenters. The lowest BCUT2D eigenvalue weighted by molar-refractivity contribution is 0.102. The highest BCUT2D eigenvalue weighted by atomic mass is 32.2. The van der Waals surface area contributed by atoms with Gasteiger partial charge in [0, 0.05) is 24.3 Å². The fourth-order valence-electron chi connectivity index (χ4n) is 2.80. The number of piperidine rings is 1. The predicted molar refractivity (Wildman–Crippen MR) is 94.8 cm³/mol. The highest BCUT2D eigenvalue weighted by Gasteiger charge is 2.29. The molecule has 0 aromatic heterocycles. The number of benzene rings is 2. The third-order valence-corrected chi connectivity index (χ3v) is 6.13. The summed E-state index contributed by atoms with van der Waals surface area (Å²) in [5.41, 5.74) is 0.445. The average molecular weight is 378 g/mol. The smallest absolute Gasteiger partial charge is 0.255 e. The zero-order valence-electron chi connectivity index (χ0n) is 13.9. The van der Waals surface area contributed by atoms with E-state index in [1.54, 1.807) is 6.07 Å². The van der Waals surface area contributed by atoms with Crippen molar-refractivity contribution < 1.29 is 22.7 Å². The molecule has 2 aromatic carbocycles. The van der Waals surface area contributed by atoms with Crippen molar-refractivity contribution in [1.29, 1.82) is 0 Å². The van der Waals surface area contributed by atoms with Crippen LogP contribution in [0.2, 0.25) is 0 Å². The van der Waals surface area contributed by atoms with Crippen molar-refractivity contribution in [3.8, 4) is 0 Å². The molecule has 1 aliphatic heterocycles. The van der Waals surface area contributed by atoms with Gasteiger partial charge in [0.2, 0.25) is 10.0 Å². The van der Waals surface area contributed by atoms with Crippen molar-refractivity contribution in [1.82, 2.24) is 4.31 Å². The standard InChI is InChI=1S/C18H19FN2O4S/c19-14-4-2-5-15(12-14)20-18(23)13-3-1-6-17(11-13)26(24,25)21-9-7-16(22)8-10-21/h1-6,11-12,16,22H,7-10H2,(H,20,23). The number of aliphatic hydroxyl groups is 1. The van der Waals surface area contributed by atoms with Gasteiger partial charge in [-0.25, -0.2) is 12.8 Å². The number of aliphatic hydroxyl groups excluding tert-OH is 1. The largest absolute Gasteiger partial charge is 0.393 e. The number of hydrogen-bond acceptors (Lipinski definition) is 4. The molecule has 0 saturated carbocycles. The number of anilines is 1. The molecule has 1 heterocycles. The van der Waals surface area contributed by atoms with E-state index in [-0.39, 0.29) is 29.2 Å². The van der Waals surface area contributed by atoms with E-state index < -0.39 is 27.9 Å². The second-order valence-electron chi connectivity index (χ2n) is 6.13. The van der Waals surface area contributed by atoms with Gasteiger partial charge in [-0.1, -0.05) is 12.1 Å². The summed E-state index contributed by atoms with van der Waals surface area (Å²) < 4.78 is 40.0. The van der Waals surface area contributed by atoms with Gasteiger partial charge in [0.1, 0.15) is 5.82 Å². The molecule has 1 saturated heterocycles. The number of hydrogen-bond donors (Lipinski definition) is 2. The van der Waals surface area contributed by atoms with Crippen LogP contribution in [0.4, 0.5) is 10.1 Å². The van der Waals surface area contributed by atoms with Crippen LogP contribution in [0.3, 0.4) is 0 Å². The zero-order chi connectivity index (χ0) is 18.7. The van der Waals surface area contributed by atoms with Crippen LogP contribution in [0.1, 0.15) is 23.2 Å². The Balaban J connectivity index is 1.80. The second kappa shape index (κ2) is 7.53. The van der Waals surface area contributed by atoms with E-state index in [4.69, 9.17) is 0 Å². The second-order valence-corrected chi connectivity index (χ2v) is 8.07. The summed E-state index contributed by atoms with van der Waals surface area (Å²) in [6.45, 7) is 0.479. The van der Waals surface area contributed by atoms with Crippen molar-refractivity contribution in [2.75, 3.05) is 18.4 Å². The SMILES string of the molecule is O=C(Nc1cccc(F)c1)c1cccc(S(=O)(=O)N2CCC(O)CC2)c1. The summed E-state index contributed by atoms with van der Waals surface area (Å²) in [7, 11) is -3.74. The maximum absolute atomic E-state index is 13.2. The first kappa shape index (κ1) is 18.5. The Morgan fingerprint density at radius 2 is 1.81 bits per heavy atom. The van der Waals surface area contributed by atoms with Gasteiger partial charge in [0.15, 0.2) is 0 Å². The molecule has 0 unspecified atom stereocenters. The number of halogens is 1. The van der Waals surface area contributed by atoms with Gasteiger partial charge in [-0.15, -0.1) is 0 Å². The Morgan fingerprint density at radius 3 is 2.50 bits per heavy atom. The molecule has 0 aliphatic carbocycles. The minimum Gasteiger partial charge on any atom is -0.393 e. The number of nitrogens with one attached hydrogen (secondary N) is 1. The summed E-state index contributed by atoms with van der Waals surface area (Å²) in [5.74, 6) is -1.01. The van der Waals surface area contributed by atoms with Crippen LogP contribution < -0.4 is 5.32 Å². The van der Waals surface area contributed by atoms with E-state index in [0.29, 0.717) is 12.8 Å². The highest BCUT2D eigenvalue weighted by Crippen LogP contribution is 2.22. The molecule has 6 nitrogen and oxygen atoms in total. The van der Waals surface area contributed by atoms with Crippen molar-refractivity contribution >= 4 is 21.6 Å². The molecule has 1 fully saturated rings. The number of nitrogens with zero attached hydrogens (tertiary/aromatic N) is 1. The van der Waals surface area contributed by atoms with Gasteiger partial charge in [-0.3, -0.25) is 4.79 Å². The Kier molecular flexibility index (Phi) is 5.36. The molecule has 0 spiro atoms. The van der Waals surface area contributed by atoms with Gasteiger partial charge in [-0.2, -0.15) is 4.31 Å². The first-order valence-electron chi connectivity index (χ1n) is 8.21. The molecule has 2 aromatic rings. The van der Waals surface area contributed by atoms with Gasteiger partial charge in [0.05, 0.1) is 11.0 Å². The Hall–Kier alpha value is -2.29. The normalized spacial score (nSPS) is 16.4. The number of amides is 1. The van der Waals surface area contributed by atoms with Crippen LogP contribution >= 0.6 is 0 Å². The molecule has 2 N–H and O–H groups in total. The highest BCUT2D eigenvalue weighted by molar-refractivity contribution is 7.89. The van der Waals surface area contributed by atoms with Crippen LogP contribution in [-0.2, 0) is 10.0 Å². The molecule has 138 valence electrons. The van der Waals surface area contributed by atoms with Crippen LogP contribution in [0, 0.1) is 5.82 Å². The molecule has 8 heteroatoms. The molecule has 1 aliphatic rings. The molecule has 3 rings (SSSR count). The topological polar surface area (TPSA) is 86.7 Å². The van der Waals surface area contributed by atoms with Crippen molar-refractivity contribution in [3.05, 3.63) is 59.9 Å². The summed E-state index contributed by atoms with van der Waals surface area (Å²) in [6, 6.07) is 11.2. The van der Waals surface area contributed by atoms with Crippen LogP contribution in [0.25, 0.3) is 0 Å². The summed E-state index contributed by atoms with van der Waals surface area (Å²) in [6.07, 6.45) is 0.294. The number of rotatable bonds is 4. The maximum atomic E-state index is 13.2. The quantitative estimate of drug-likeness (QED) is 0.854. The number of carbonyl (C=O) groups excluding carboxylic acids is 1. The zero-order valence-corrected chi connectivity index (χ0v) is 14.7. The first-order chi connectivity index (χ1) is 12.4. The predicted octanol–water partition coefficient (Wildman–Crippen LogP) is 2.22. The van der Waals surface area contributed by atoms with Crippen LogP contribution in [-0.4, -0.2) is 42.9 Å². The van der Waals surface area contributed by atoms with E-state index in [9.17, 15) is 22.7 Å². The van der Waals surface area contributed by atoms with Gasteiger partial charge in [0.25, 0.3) is 5.91 Å². The van der Waals surface area contributed by atoms with E-state index in [1.165, 1.54) is 46.8 Å². The van der Waals surface area contributed by atoms with Crippen LogP contribution in [0.5, 0.6) is 0 Å². The minimum absolute atomic E-state index is 0.0146. The lowest BCUT2D eigenvalue weighted by Gasteiger charge is -2.28. The van der Waals surface area contributed by atoms with Gasteiger partial charge in [-0.05, 0) is 49.2 Å². The van der Waals surface area contributed by atoms with Crippen molar-refractivity contribution in [2.24, 2.45) is 0 Å². The van der Waals surface area contributed by atoms with E-state index >= 15 is 0 Å². The van der Waals surface area contributed by atoms with E-state index in [2.05, 4.69) is 5.32 Å². The van der Waals surface area contributed by atoms with Gasteiger partial charge < -0.3 is 10.4 Å². The average Bonchev–Trinajstić information content (AvgIpc) is 2.62. The molecule has 0 bridgehead atoms. The Labute approximate surface area is 151 Å². The maximum Gasteiger partial charge on any atom is 0.255 e. The lowest BCUT2D eigenvalue weighted by Crippen LogP contribution is -2.40. The van der Waals surface area contributed by atoms with E-state index in [1.807, 2.05) is 0 Å². The Bertz CT molecular complexity index is 909. The lowest BCUT2D eigenvalue weighted by atomic mass is 10.1. The fraction of sp³-hybridized carbons (Fsp3) is 0.278. The Morgan fingerprint density at radius 1 is 1.12 bits per heavy atom. The summed E-state index contributed by atoms with van der Waals surface area (Å²) in [4.78, 5) is 12.4. The van der Waals surface area contributed by atoms with Crippen molar-refractivity contribution in [3.63, 3.8) is 0 Å². The number of carbonyl (C=O) groups is 1. The van der Waals surface area contributed by atoms with Crippen molar-refractivity contribution in [2.45, 2.75) is 23.8 Å².